The van der Waals surface area contributed by atoms with Crippen LogP contribution in [0.1, 0.15) is 66.2 Å². The number of ketones is 1. The number of alkyl halides is 5. The summed E-state index contributed by atoms with van der Waals surface area (Å²) in [4.78, 5) is 65.1. The largest absolute Gasteiger partial charge is 0.522 e. The number of hydrogen-bond donors (Lipinski definition) is 3. The molecule has 4 atom stereocenters. The monoisotopic (exact) mass is 600 g/mol. The second-order valence-corrected chi connectivity index (χ2v) is 11.5. The van der Waals surface area contributed by atoms with Crippen LogP contribution < -0.4 is 16.0 Å². The maximum Gasteiger partial charge on any atom is 0.522 e. The van der Waals surface area contributed by atoms with Crippen molar-refractivity contribution in [2.75, 3.05) is 13.7 Å². The maximum absolute atomic E-state index is 13.6. The molecule has 2 fully saturated rings. The number of Topliss-reactive ketones (excluding diaryl/α,β-unsaturated/α-hetero) is 1. The average molecular weight is 601 g/mol. The SMILES string of the molecule is COC(=O)N[C@H](C(=O)N1CCC(OC(F)(F)F)CC1C(=O)N[C@@H](CCC(C)(F)F)C(=O)C(=O)NC1CC1)C(C)(C)C. The Hall–Kier alpha value is -3.04. The van der Waals surface area contributed by atoms with Gasteiger partial charge in [0.1, 0.15) is 12.1 Å². The molecule has 1 saturated heterocycles. The van der Waals surface area contributed by atoms with Gasteiger partial charge in [0.05, 0.1) is 19.3 Å². The molecule has 0 aromatic rings. The molecular weight excluding hydrogens is 563 g/mol. The van der Waals surface area contributed by atoms with E-state index in [2.05, 4.69) is 25.4 Å². The number of carbonyl (C=O) groups is 5. The normalized spacial score (nSPS) is 21.4. The number of nitrogens with zero attached hydrogens (tertiary/aromatic N) is 1. The molecule has 1 aliphatic carbocycles. The number of methoxy groups -OCH3 is 1. The number of alkyl carbamates (subject to hydrolysis) is 1. The van der Waals surface area contributed by atoms with Gasteiger partial charge in [-0.15, -0.1) is 13.2 Å². The number of amides is 4. The number of likely N-dealkylation sites (tertiary alicyclic amines) is 1. The second kappa shape index (κ2) is 13.3. The first-order valence-corrected chi connectivity index (χ1v) is 13.1. The van der Waals surface area contributed by atoms with Crippen LogP contribution in [0.25, 0.3) is 0 Å². The molecule has 1 heterocycles. The van der Waals surface area contributed by atoms with Crippen molar-refractivity contribution in [3.8, 4) is 0 Å². The van der Waals surface area contributed by atoms with E-state index in [9.17, 15) is 45.9 Å². The van der Waals surface area contributed by atoms with Crippen molar-refractivity contribution in [3.63, 3.8) is 0 Å². The van der Waals surface area contributed by atoms with Gasteiger partial charge in [-0.05, 0) is 38.0 Å². The molecule has 3 N–H and O–H groups in total. The quantitative estimate of drug-likeness (QED) is 0.244. The van der Waals surface area contributed by atoms with Gasteiger partial charge in [0.2, 0.25) is 23.5 Å². The second-order valence-electron chi connectivity index (χ2n) is 11.5. The predicted molar refractivity (Wildman–Crippen MR) is 132 cm³/mol. The zero-order chi connectivity index (χ0) is 31.3. The van der Waals surface area contributed by atoms with Crippen molar-refractivity contribution in [1.82, 2.24) is 20.9 Å². The molecule has 2 rings (SSSR count). The first-order valence-electron chi connectivity index (χ1n) is 13.1. The zero-order valence-electron chi connectivity index (χ0n) is 23.5. The number of carbonyl (C=O) groups excluding carboxylic acids is 5. The highest BCUT2D eigenvalue weighted by atomic mass is 19.4. The molecule has 2 unspecified atom stereocenters. The third kappa shape index (κ3) is 11.0. The molecule has 0 bridgehead atoms. The Morgan fingerprint density at radius 1 is 0.951 bits per heavy atom. The minimum absolute atomic E-state index is 0.251. The van der Waals surface area contributed by atoms with Crippen LogP contribution in [0.3, 0.4) is 0 Å². The lowest BCUT2D eigenvalue weighted by molar-refractivity contribution is -0.346. The highest BCUT2D eigenvalue weighted by Crippen LogP contribution is 2.30. The van der Waals surface area contributed by atoms with Crippen LogP contribution in [-0.4, -0.2) is 90.7 Å². The summed E-state index contributed by atoms with van der Waals surface area (Å²) in [5.74, 6) is -7.53. The van der Waals surface area contributed by atoms with Crippen molar-refractivity contribution in [2.24, 2.45) is 5.41 Å². The molecule has 0 aromatic heterocycles. The lowest BCUT2D eigenvalue weighted by Gasteiger charge is -2.42. The van der Waals surface area contributed by atoms with Crippen molar-refractivity contribution in [3.05, 3.63) is 0 Å². The van der Waals surface area contributed by atoms with E-state index >= 15 is 0 Å². The molecule has 1 saturated carbocycles. The lowest BCUT2D eigenvalue weighted by Crippen LogP contribution is -2.63. The summed E-state index contributed by atoms with van der Waals surface area (Å²) >= 11 is 0. The number of halogens is 5. The molecule has 16 heteroatoms. The molecule has 11 nitrogen and oxygen atoms in total. The van der Waals surface area contributed by atoms with Crippen molar-refractivity contribution in [1.29, 1.82) is 0 Å². The van der Waals surface area contributed by atoms with E-state index in [0.717, 1.165) is 12.0 Å². The average Bonchev–Trinajstić information content (AvgIpc) is 3.65. The molecule has 0 radical (unpaired) electrons. The van der Waals surface area contributed by atoms with E-state index < -0.39 is 97.3 Å². The number of piperidine rings is 1. The van der Waals surface area contributed by atoms with E-state index in [1.54, 1.807) is 20.8 Å². The topological polar surface area (TPSA) is 143 Å². The fourth-order valence-electron chi connectivity index (χ4n) is 4.31. The van der Waals surface area contributed by atoms with Gasteiger partial charge in [0.15, 0.2) is 0 Å². The summed E-state index contributed by atoms with van der Waals surface area (Å²) in [5, 5.41) is 6.98. The summed E-state index contributed by atoms with van der Waals surface area (Å²) in [7, 11) is 1.06. The van der Waals surface area contributed by atoms with E-state index in [1.807, 2.05) is 0 Å². The number of hydrogen-bond acceptors (Lipinski definition) is 7. The first kappa shape index (κ1) is 34.2. The van der Waals surface area contributed by atoms with E-state index in [-0.39, 0.29) is 12.5 Å². The summed E-state index contributed by atoms with van der Waals surface area (Å²) in [5.41, 5.74) is -0.947. The summed E-state index contributed by atoms with van der Waals surface area (Å²) in [6, 6.07) is -4.93. The minimum Gasteiger partial charge on any atom is -0.453 e. The van der Waals surface area contributed by atoms with Crippen LogP contribution in [0.4, 0.5) is 26.7 Å². The van der Waals surface area contributed by atoms with Crippen molar-refractivity contribution >= 4 is 29.6 Å². The predicted octanol–water partition coefficient (Wildman–Crippen LogP) is 2.42. The molecular formula is C25H37F5N4O7. The first-order chi connectivity index (χ1) is 18.7. The Bertz CT molecular complexity index is 992. The van der Waals surface area contributed by atoms with Crippen molar-refractivity contribution < 1.29 is 55.4 Å². The molecule has 4 amide bonds. The fourth-order valence-corrected chi connectivity index (χ4v) is 4.31. The Morgan fingerprint density at radius 2 is 1.56 bits per heavy atom. The van der Waals surface area contributed by atoms with Crippen LogP contribution in [0.5, 0.6) is 0 Å². The van der Waals surface area contributed by atoms with Gasteiger partial charge in [0.25, 0.3) is 5.91 Å². The highest BCUT2D eigenvalue weighted by Gasteiger charge is 2.46. The maximum atomic E-state index is 13.6. The highest BCUT2D eigenvalue weighted by molar-refractivity contribution is 6.38. The van der Waals surface area contributed by atoms with E-state index in [1.165, 1.54) is 0 Å². The fraction of sp³-hybridized carbons (Fsp3) is 0.800. The number of nitrogens with one attached hydrogen (secondary N) is 3. The van der Waals surface area contributed by atoms with E-state index in [0.29, 0.717) is 19.8 Å². The standard InChI is InChI=1S/C25H37F5N4O7/c1-23(2,3)18(33-22(39)40-5)21(38)34-11-9-14(41-25(28,29)30)12-16(34)19(36)32-15(8-10-24(4,26)27)17(35)20(37)31-13-6-7-13/h13-16,18H,6-12H2,1-5H3,(H,31,37)(H,32,36)(H,33,39)/t14?,15-,16?,18+/m0/s1. The molecule has 1 aliphatic heterocycles. The summed E-state index contributed by atoms with van der Waals surface area (Å²) in [6.07, 6.45) is -8.85. The van der Waals surface area contributed by atoms with Crippen LogP contribution in [0.15, 0.2) is 0 Å². The van der Waals surface area contributed by atoms with Gasteiger partial charge in [-0.2, -0.15) is 0 Å². The van der Waals surface area contributed by atoms with Gasteiger partial charge < -0.3 is 25.6 Å². The molecule has 41 heavy (non-hydrogen) atoms. The lowest BCUT2D eigenvalue weighted by atomic mass is 9.84. The molecule has 0 spiro atoms. The van der Waals surface area contributed by atoms with Gasteiger partial charge in [-0.1, -0.05) is 20.8 Å². The van der Waals surface area contributed by atoms with E-state index in [4.69, 9.17) is 0 Å². The summed E-state index contributed by atoms with van der Waals surface area (Å²) < 4.78 is 74.9. The minimum atomic E-state index is -5.05. The molecule has 0 aromatic carbocycles. The summed E-state index contributed by atoms with van der Waals surface area (Å²) in [6.45, 7) is 4.97. The van der Waals surface area contributed by atoms with Crippen LogP contribution in [0.2, 0.25) is 0 Å². The van der Waals surface area contributed by atoms with Gasteiger partial charge in [0, 0.05) is 25.4 Å². The molecule has 234 valence electrons. The molecule has 2 aliphatic rings. The van der Waals surface area contributed by atoms with Gasteiger partial charge in [-0.3, -0.25) is 23.9 Å². The van der Waals surface area contributed by atoms with Gasteiger partial charge in [-0.25, -0.2) is 13.6 Å². The van der Waals surface area contributed by atoms with Crippen LogP contribution in [0, 0.1) is 5.41 Å². The number of rotatable bonds is 11. The third-order valence-corrected chi connectivity index (χ3v) is 6.64. The Balaban J connectivity index is 2.37. The van der Waals surface area contributed by atoms with Crippen LogP contribution in [-0.2, 0) is 28.7 Å². The third-order valence-electron chi connectivity index (χ3n) is 6.64. The smallest absolute Gasteiger partial charge is 0.453 e. The van der Waals surface area contributed by atoms with Crippen molar-refractivity contribution in [2.45, 2.75) is 109 Å². The van der Waals surface area contributed by atoms with Crippen LogP contribution >= 0.6 is 0 Å². The zero-order valence-corrected chi connectivity index (χ0v) is 23.5. The Kier molecular flexibility index (Phi) is 11.1. The Morgan fingerprint density at radius 3 is 2.05 bits per heavy atom. The van der Waals surface area contributed by atoms with Gasteiger partial charge >= 0.3 is 12.5 Å². The Labute approximate surface area is 234 Å². The number of ether oxygens (including phenoxy) is 2.